The van der Waals surface area contributed by atoms with Gasteiger partial charge in [-0.05, 0) is 12.1 Å². The Kier molecular flexibility index (Phi) is 9.92. The van der Waals surface area contributed by atoms with Gasteiger partial charge in [-0.1, -0.05) is 18.2 Å². The lowest BCUT2D eigenvalue weighted by atomic mass is 10.0. The number of rotatable bonds is 6. The number of aldehydes is 1. The Morgan fingerprint density at radius 2 is 1.68 bits per heavy atom. The lowest BCUT2D eigenvalue weighted by Gasteiger charge is -2.22. The molecule has 0 unspecified atom stereocenters. The van der Waals surface area contributed by atoms with Gasteiger partial charge in [0.05, 0.1) is 6.61 Å². The molecule has 0 heterocycles. The SMILES string of the molecule is CC(=O)Nc1ccccc1.O=C[C@H](O)[C@@H](O)[C@H](O)[C@H](O)CO. The van der Waals surface area contributed by atoms with Crippen molar-refractivity contribution in [2.45, 2.75) is 31.3 Å². The van der Waals surface area contributed by atoms with Gasteiger partial charge < -0.3 is 35.6 Å². The minimum atomic E-state index is -1.79. The van der Waals surface area contributed by atoms with Gasteiger partial charge >= 0.3 is 0 Å². The minimum Gasteiger partial charge on any atom is -0.394 e. The van der Waals surface area contributed by atoms with Gasteiger partial charge in [0.15, 0.2) is 6.29 Å². The minimum absolute atomic E-state index is 0.0258. The summed E-state index contributed by atoms with van der Waals surface area (Å²) in [4.78, 5) is 20.4. The van der Waals surface area contributed by atoms with Crippen LogP contribution in [0.5, 0.6) is 0 Å². The zero-order valence-electron chi connectivity index (χ0n) is 12.0. The Morgan fingerprint density at radius 1 is 1.14 bits per heavy atom. The summed E-state index contributed by atoms with van der Waals surface area (Å²) in [5.41, 5.74) is 0.843. The van der Waals surface area contributed by atoms with E-state index in [2.05, 4.69) is 5.32 Å². The molecule has 1 rings (SSSR count). The molecule has 0 spiro atoms. The van der Waals surface area contributed by atoms with Crippen molar-refractivity contribution in [1.82, 2.24) is 0 Å². The van der Waals surface area contributed by atoms with E-state index in [0.29, 0.717) is 0 Å². The highest BCUT2D eigenvalue weighted by Gasteiger charge is 2.29. The molecule has 0 aliphatic heterocycles. The number of hydrogen-bond acceptors (Lipinski definition) is 7. The van der Waals surface area contributed by atoms with Crippen LogP contribution in [0.1, 0.15) is 6.92 Å². The van der Waals surface area contributed by atoms with Crippen LogP contribution in [0.15, 0.2) is 30.3 Å². The Hall–Kier alpha value is -1.84. The molecule has 0 radical (unpaired) electrons. The molecule has 0 aliphatic rings. The van der Waals surface area contributed by atoms with Crippen LogP contribution in [0.2, 0.25) is 0 Å². The highest BCUT2D eigenvalue weighted by molar-refractivity contribution is 5.88. The van der Waals surface area contributed by atoms with Crippen molar-refractivity contribution in [3.8, 4) is 0 Å². The first-order chi connectivity index (χ1) is 10.3. The van der Waals surface area contributed by atoms with Gasteiger partial charge in [0.25, 0.3) is 0 Å². The molecule has 8 heteroatoms. The van der Waals surface area contributed by atoms with E-state index in [-0.39, 0.29) is 12.2 Å². The lowest BCUT2D eigenvalue weighted by molar-refractivity contribution is -0.136. The number of hydrogen-bond donors (Lipinski definition) is 6. The zero-order valence-corrected chi connectivity index (χ0v) is 12.0. The molecule has 1 aromatic rings. The fraction of sp³-hybridized carbons (Fsp3) is 0.429. The molecule has 0 saturated carbocycles. The highest BCUT2D eigenvalue weighted by Crippen LogP contribution is 2.04. The molecule has 22 heavy (non-hydrogen) atoms. The summed E-state index contributed by atoms with van der Waals surface area (Å²) in [7, 11) is 0. The van der Waals surface area contributed by atoms with Crippen LogP contribution in [-0.2, 0) is 9.59 Å². The molecule has 0 bridgehead atoms. The van der Waals surface area contributed by atoms with Gasteiger partial charge in [0, 0.05) is 12.6 Å². The molecule has 124 valence electrons. The van der Waals surface area contributed by atoms with E-state index in [1.54, 1.807) is 0 Å². The van der Waals surface area contributed by atoms with E-state index in [1.807, 2.05) is 30.3 Å². The molecule has 0 saturated heterocycles. The summed E-state index contributed by atoms with van der Waals surface area (Å²) < 4.78 is 0. The fourth-order valence-corrected chi connectivity index (χ4v) is 1.34. The second kappa shape index (κ2) is 10.8. The third kappa shape index (κ3) is 7.81. The molecular weight excluding hydrogens is 294 g/mol. The summed E-state index contributed by atoms with van der Waals surface area (Å²) in [6.45, 7) is 0.733. The molecule has 8 nitrogen and oxygen atoms in total. The Bertz CT molecular complexity index is 440. The first-order valence-electron chi connectivity index (χ1n) is 6.44. The van der Waals surface area contributed by atoms with Gasteiger partial charge in [-0.2, -0.15) is 0 Å². The van der Waals surface area contributed by atoms with Crippen molar-refractivity contribution >= 4 is 17.9 Å². The Labute approximate surface area is 127 Å². The van der Waals surface area contributed by atoms with Crippen LogP contribution >= 0.6 is 0 Å². The molecular formula is C14H21NO7. The number of anilines is 1. The second-order valence-electron chi connectivity index (χ2n) is 4.40. The summed E-state index contributed by atoms with van der Waals surface area (Å²) in [5.74, 6) is -0.0359. The van der Waals surface area contributed by atoms with Crippen molar-refractivity contribution in [1.29, 1.82) is 0 Å². The molecule has 0 aromatic heterocycles. The van der Waals surface area contributed by atoms with Gasteiger partial charge in [-0.25, -0.2) is 0 Å². The first-order valence-corrected chi connectivity index (χ1v) is 6.44. The highest BCUT2D eigenvalue weighted by atomic mass is 16.4. The van der Waals surface area contributed by atoms with E-state index in [0.717, 1.165) is 5.69 Å². The van der Waals surface area contributed by atoms with Gasteiger partial charge in [0.1, 0.15) is 24.4 Å². The van der Waals surface area contributed by atoms with Crippen LogP contribution in [0, 0.1) is 0 Å². The summed E-state index contributed by atoms with van der Waals surface area (Å²) in [6.07, 6.45) is -6.84. The van der Waals surface area contributed by atoms with Crippen LogP contribution in [-0.4, -0.2) is 68.7 Å². The molecule has 6 N–H and O–H groups in total. The monoisotopic (exact) mass is 315 g/mol. The average molecular weight is 315 g/mol. The smallest absolute Gasteiger partial charge is 0.221 e. The quantitative estimate of drug-likeness (QED) is 0.342. The first kappa shape index (κ1) is 20.2. The molecule has 0 aliphatic carbocycles. The van der Waals surface area contributed by atoms with Crippen molar-refractivity contribution in [3.63, 3.8) is 0 Å². The van der Waals surface area contributed by atoms with Gasteiger partial charge in [-0.15, -0.1) is 0 Å². The lowest BCUT2D eigenvalue weighted by Crippen LogP contribution is -2.46. The van der Waals surface area contributed by atoms with Crippen LogP contribution in [0.25, 0.3) is 0 Å². The van der Waals surface area contributed by atoms with Gasteiger partial charge in [0.2, 0.25) is 5.91 Å². The number of amides is 1. The predicted molar refractivity (Wildman–Crippen MR) is 77.9 cm³/mol. The number of benzene rings is 1. The van der Waals surface area contributed by atoms with Crippen molar-refractivity contribution in [2.24, 2.45) is 0 Å². The second-order valence-corrected chi connectivity index (χ2v) is 4.40. The van der Waals surface area contributed by atoms with E-state index >= 15 is 0 Å². The molecule has 1 aromatic carbocycles. The number of para-hydroxylation sites is 1. The molecule has 1 amide bonds. The maximum atomic E-state index is 10.5. The number of carbonyl (C=O) groups excluding carboxylic acids is 2. The fourth-order valence-electron chi connectivity index (χ4n) is 1.34. The molecule has 0 fully saturated rings. The van der Waals surface area contributed by atoms with Crippen molar-refractivity contribution in [2.75, 3.05) is 11.9 Å². The van der Waals surface area contributed by atoms with Crippen molar-refractivity contribution < 1.29 is 35.1 Å². The number of carbonyl (C=O) groups is 2. The van der Waals surface area contributed by atoms with E-state index in [9.17, 15) is 9.59 Å². The van der Waals surface area contributed by atoms with E-state index in [4.69, 9.17) is 25.5 Å². The normalized spacial score (nSPS) is 15.5. The number of aliphatic hydroxyl groups excluding tert-OH is 5. The summed E-state index contributed by atoms with van der Waals surface area (Å²) >= 11 is 0. The van der Waals surface area contributed by atoms with E-state index in [1.165, 1.54) is 6.92 Å². The zero-order chi connectivity index (χ0) is 17.1. The third-order valence-electron chi connectivity index (χ3n) is 2.51. The number of aliphatic hydroxyl groups is 5. The Morgan fingerprint density at radius 3 is 2.09 bits per heavy atom. The average Bonchev–Trinajstić information content (AvgIpc) is 2.52. The maximum absolute atomic E-state index is 10.5. The maximum Gasteiger partial charge on any atom is 0.221 e. The number of nitrogens with one attached hydrogen (secondary N) is 1. The summed E-state index contributed by atoms with van der Waals surface area (Å²) in [6, 6.07) is 9.37. The van der Waals surface area contributed by atoms with E-state index < -0.39 is 31.0 Å². The Balaban J connectivity index is 0.000000406. The van der Waals surface area contributed by atoms with Crippen LogP contribution < -0.4 is 5.32 Å². The standard InChI is InChI=1S/C8H9NO.C6H12O6/c1-7(10)9-8-5-3-2-4-6-8;7-1-3(9)5(11)6(12)4(10)2-8/h2-6H,1H3,(H,9,10);1,3-6,8-12H,2H2/t;3-,4+,5+,6+/m.0/s1. The molecule has 4 atom stereocenters. The largest absolute Gasteiger partial charge is 0.394 e. The third-order valence-corrected chi connectivity index (χ3v) is 2.51. The topological polar surface area (TPSA) is 147 Å². The summed E-state index contributed by atoms with van der Waals surface area (Å²) in [5, 5.41) is 46.2. The van der Waals surface area contributed by atoms with Gasteiger partial charge in [-0.3, -0.25) is 4.79 Å². The van der Waals surface area contributed by atoms with Crippen LogP contribution in [0.3, 0.4) is 0 Å². The predicted octanol–water partition coefficient (Wildman–Crippen LogP) is -1.73. The van der Waals surface area contributed by atoms with Crippen LogP contribution in [0.4, 0.5) is 5.69 Å². The van der Waals surface area contributed by atoms with Crippen molar-refractivity contribution in [3.05, 3.63) is 30.3 Å².